The second-order valence-corrected chi connectivity index (χ2v) is 9.37. The summed E-state index contributed by atoms with van der Waals surface area (Å²) >= 11 is 3.07. The number of nitrogens with zero attached hydrogens (tertiary/aromatic N) is 1. The topological polar surface area (TPSA) is 158 Å². The number of aromatic nitrogens is 2. The summed E-state index contributed by atoms with van der Waals surface area (Å²) < 4.78 is 35.5. The number of carbonyl (C=O) groups excluding carboxylic acids is 1. The van der Waals surface area contributed by atoms with Gasteiger partial charge in [0, 0.05) is 12.6 Å². The van der Waals surface area contributed by atoms with Crippen molar-refractivity contribution < 1.29 is 33.0 Å². The van der Waals surface area contributed by atoms with Gasteiger partial charge in [0.15, 0.2) is 0 Å². The maximum Gasteiger partial charge on any atom is 0.459 e. The maximum absolute atomic E-state index is 13.2. The number of aliphatic hydroxyl groups excluding tert-OH is 1. The molecule has 0 bridgehead atoms. The third-order valence-electron chi connectivity index (χ3n) is 4.77. The van der Waals surface area contributed by atoms with E-state index in [0.29, 0.717) is 0 Å². The summed E-state index contributed by atoms with van der Waals surface area (Å²) in [7, 11) is -2.91. The van der Waals surface area contributed by atoms with Crippen molar-refractivity contribution in [2.75, 3.05) is 20.3 Å². The van der Waals surface area contributed by atoms with Crippen LogP contribution in [0.25, 0.3) is 6.08 Å². The van der Waals surface area contributed by atoms with Crippen molar-refractivity contribution in [2.24, 2.45) is 0 Å². The standard InChI is InChI=1S/C20H23BrN3O9P/c1-30-18(26)10-22-34(29,33-14-5-3-2-4-6-14)31-12-16-15(25)9-17(32-16)24-11-13(7-8-21)19(27)23-20(24)28/h2-8,11,15-17,25H,9-10,12H2,1H3,(H,22,29)(H,23,27,28). The Hall–Kier alpha value is -2.54. The second kappa shape index (κ2) is 11.7. The van der Waals surface area contributed by atoms with Crippen LogP contribution in [-0.2, 0) is 23.4 Å². The monoisotopic (exact) mass is 559 g/mol. The molecule has 1 aromatic carbocycles. The average molecular weight is 560 g/mol. The summed E-state index contributed by atoms with van der Waals surface area (Å²) in [5.74, 6) is -0.468. The van der Waals surface area contributed by atoms with Gasteiger partial charge in [-0.1, -0.05) is 34.1 Å². The Morgan fingerprint density at radius 1 is 1.38 bits per heavy atom. The van der Waals surface area contributed by atoms with E-state index < -0.39 is 49.9 Å². The molecule has 4 atom stereocenters. The zero-order valence-corrected chi connectivity index (χ0v) is 20.4. The van der Waals surface area contributed by atoms with E-state index >= 15 is 0 Å². The van der Waals surface area contributed by atoms with Crippen molar-refractivity contribution in [3.05, 3.63) is 67.9 Å². The number of aromatic amines is 1. The predicted octanol–water partition coefficient (Wildman–Crippen LogP) is 1.52. The zero-order valence-electron chi connectivity index (χ0n) is 18.0. The molecule has 4 unspecified atom stereocenters. The summed E-state index contributed by atoms with van der Waals surface area (Å²) in [6.45, 7) is -0.837. The molecule has 184 valence electrons. The minimum atomic E-state index is -4.08. The summed E-state index contributed by atoms with van der Waals surface area (Å²) in [4.78, 5) is 39.3. The molecule has 1 aliphatic rings. The molecule has 1 aromatic heterocycles. The van der Waals surface area contributed by atoms with Crippen molar-refractivity contribution in [3.8, 4) is 5.75 Å². The number of rotatable bonds is 10. The Morgan fingerprint density at radius 2 is 2.12 bits per heavy atom. The van der Waals surface area contributed by atoms with Crippen LogP contribution in [0.5, 0.6) is 5.75 Å². The molecule has 0 spiro atoms. The molecular formula is C20H23BrN3O9P. The van der Waals surface area contributed by atoms with Crippen LogP contribution in [0.4, 0.5) is 0 Å². The first-order valence-corrected chi connectivity index (χ1v) is 12.5. The number of nitrogens with one attached hydrogen (secondary N) is 2. The van der Waals surface area contributed by atoms with E-state index in [9.17, 15) is 24.1 Å². The van der Waals surface area contributed by atoms with Gasteiger partial charge < -0.3 is 19.1 Å². The number of methoxy groups -OCH3 is 1. The molecule has 14 heteroatoms. The van der Waals surface area contributed by atoms with Crippen LogP contribution >= 0.6 is 23.7 Å². The fourth-order valence-corrected chi connectivity index (χ4v) is 4.63. The molecule has 34 heavy (non-hydrogen) atoms. The number of carbonyl (C=O) groups is 1. The molecule has 1 saturated heterocycles. The smallest absolute Gasteiger partial charge is 0.459 e. The number of benzene rings is 1. The Labute approximate surface area is 202 Å². The van der Waals surface area contributed by atoms with Crippen molar-refractivity contribution in [3.63, 3.8) is 0 Å². The number of hydrogen-bond donors (Lipinski definition) is 3. The van der Waals surface area contributed by atoms with Gasteiger partial charge in [0.2, 0.25) is 0 Å². The average Bonchev–Trinajstić information content (AvgIpc) is 3.19. The quantitative estimate of drug-likeness (QED) is 0.287. The largest absolute Gasteiger partial charge is 0.468 e. The SMILES string of the molecule is COC(=O)CNP(=O)(OCC1OC(n2cc(C=CBr)c(=O)[nH]c2=O)CC1O)Oc1ccccc1. The van der Waals surface area contributed by atoms with Crippen molar-refractivity contribution in [2.45, 2.75) is 24.9 Å². The highest BCUT2D eigenvalue weighted by atomic mass is 79.9. The van der Waals surface area contributed by atoms with Crippen LogP contribution in [-0.4, -0.2) is 53.1 Å². The molecule has 1 aliphatic heterocycles. The summed E-state index contributed by atoms with van der Waals surface area (Å²) in [5, 5.41) is 12.8. The van der Waals surface area contributed by atoms with Crippen LogP contribution in [0.1, 0.15) is 18.2 Å². The minimum absolute atomic E-state index is 0.0108. The van der Waals surface area contributed by atoms with E-state index in [1.54, 1.807) is 30.3 Å². The van der Waals surface area contributed by atoms with E-state index in [2.05, 4.69) is 30.7 Å². The van der Waals surface area contributed by atoms with Gasteiger partial charge >= 0.3 is 19.4 Å². The molecule has 2 heterocycles. The Kier molecular flexibility index (Phi) is 9.00. The molecular weight excluding hydrogens is 537 g/mol. The second-order valence-electron chi connectivity index (χ2n) is 7.08. The van der Waals surface area contributed by atoms with Crippen LogP contribution in [0.2, 0.25) is 0 Å². The Morgan fingerprint density at radius 3 is 2.79 bits per heavy atom. The molecule has 0 radical (unpaired) electrons. The summed E-state index contributed by atoms with van der Waals surface area (Å²) in [5.41, 5.74) is -1.10. The van der Waals surface area contributed by atoms with Crippen molar-refractivity contribution in [1.29, 1.82) is 0 Å². The fourth-order valence-electron chi connectivity index (χ4n) is 3.07. The lowest BCUT2D eigenvalue weighted by atomic mass is 10.2. The number of para-hydroxylation sites is 1. The molecule has 3 rings (SSSR count). The van der Waals surface area contributed by atoms with Crippen LogP contribution in [0, 0.1) is 0 Å². The molecule has 3 N–H and O–H groups in total. The number of aliphatic hydroxyl groups is 1. The highest BCUT2D eigenvalue weighted by Gasteiger charge is 2.38. The molecule has 1 fully saturated rings. The van der Waals surface area contributed by atoms with E-state index in [1.807, 2.05) is 0 Å². The molecule has 0 saturated carbocycles. The normalized spacial score (nSPS) is 21.9. The highest BCUT2D eigenvalue weighted by Crippen LogP contribution is 2.45. The Balaban J connectivity index is 1.72. The number of halogens is 1. The number of esters is 1. The molecule has 0 aliphatic carbocycles. The lowest BCUT2D eigenvalue weighted by Gasteiger charge is -2.22. The maximum atomic E-state index is 13.2. The van der Waals surface area contributed by atoms with Crippen LogP contribution < -0.4 is 20.9 Å². The number of ether oxygens (including phenoxy) is 2. The first-order chi connectivity index (χ1) is 16.2. The first kappa shape index (κ1) is 26.1. The third kappa shape index (κ3) is 6.75. The van der Waals surface area contributed by atoms with Crippen LogP contribution in [0.3, 0.4) is 0 Å². The Bertz CT molecular complexity index is 1180. The highest BCUT2D eigenvalue weighted by molar-refractivity contribution is 9.11. The van der Waals surface area contributed by atoms with Gasteiger partial charge in [-0.15, -0.1) is 0 Å². The summed E-state index contributed by atoms with van der Waals surface area (Å²) in [6.07, 6.45) is -0.202. The summed E-state index contributed by atoms with van der Waals surface area (Å²) in [6, 6.07) is 8.16. The zero-order chi connectivity index (χ0) is 24.7. The van der Waals surface area contributed by atoms with Gasteiger partial charge in [0.25, 0.3) is 5.56 Å². The molecule has 12 nitrogen and oxygen atoms in total. The van der Waals surface area contributed by atoms with Crippen molar-refractivity contribution >= 4 is 35.7 Å². The first-order valence-electron chi connectivity index (χ1n) is 10.0. The van der Waals surface area contributed by atoms with Crippen LogP contribution in [0.15, 0.2) is 51.1 Å². The van der Waals surface area contributed by atoms with Gasteiger partial charge in [-0.3, -0.25) is 23.7 Å². The molecule has 0 amide bonds. The van der Waals surface area contributed by atoms with E-state index in [0.717, 1.165) is 4.57 Å². The lowest BCUT2D eigenvalue weighted by Crippen LogP contribution is -2.33. The van der Waals surface area contributed by atoms with Gasteiger partial charge in [-0.05, 0) is 23.2 Å². The van der Waals surface area contributed by atoms with E-state index in [1.165, 1.54) is 24.4 Å². The van der Waals surface area contributed by atoms with E-state index in [-0.39, 0.29) is 24.3 Å². The minimum Gasteiger partial charge on any atom is -0.468 e. The van der Waals surface area contributed by atoms with Gasteiger partial charge in [0.1, 0.15) is 24.6 Å². The fraction of sp³-hybridized carbons (Fsp3) is 0.350. The van der Waals surface area contributed by atoms with Gasteiger partial charge in [-0.2, -0.15) is 0 Å². The molecule has 2 aromatic rings. The lowest BCUT2D eigenvalue weighted by molar-refractivity contribution is -0.139. The number of H-pyrrole nitrogens is 1. The predicted molar refractivity (Wildman–Crippen MR) is 124 cm³/mol. The van der Waals surface area contributed by atoms with E-state index in [4.69, 9.17) is 13.8 Å². The number of hydrogen-bond acceptors (Lipinski definition) is 9. The third-order valence-corrected chi connectivity index (χ3v) is 6.52. The van der Waals surface area contributed by atoms with Gasteiger partial charge in [0.05, 0.1) is 25.4 Å². The van der Waals surface area contributed by atoms with Crippen molar-refractivity contribution in [1.82, 2.24) is 14.6 Å². The van der Waals surface area contributed by atoms with Gasteiger partial charge in [-0.25, -0.2) is 14.4 Å².